The zero-order valence-electron chi connectivity index (χ0n) is 8.64. The normalized spacial score (nSPS) is 19.9. The van der Waals surface area contributed by atoms with Crippen molar-refractivity contribution in [1.29, 1.82) is 0 Å². The summed E-state index contributed by atoms with van der Waals surface area (Å²) in [5.74, 6) is 0.508. The van der Waals surface area contributed by atoms with Gasteiger partial charge < -0.3 is 20.0 Å². The Morgan fingerprint density at radius 3 is 3.27 bits per heavy atom. The van der Waals surface area contributed by atoms with E-state index in [9.17, 15) is 10.1 Å². The van der Waals surface area contributed by atoms with Gasteiger partial charge in [-0.15, -0.1) is 0 Å². The molecule has 0 saturated heterocycles. The van der Waals surface area contributed by atoms with Gasteiger partial charge in [0, 0.05) is 13.0 Å². The maximum Gasteiger partial charge on any atom is 0.384 e. The van der Waals surface area contributed by atoms with Gasteiger partial charge in [-0.2, -0.15) is 0 Å². The van der Waals surface area contributed by atoms with Crippen LogP contribution in [-0.2, 0) is 13.0 Å². The van der Waals surface area contributed by atoms with Crippen LogP contribution in [0, 0.1) is 16.0 Å². The molecule has 0 saturated carbocycles. The molecule has 6 nitrogen and oxygen atoms in total. The Labute approximate surface area is 87.5 Å². The smallest absolute Gasteiger partial charge is 0.358 e. The van der Waals surface area contributed by atoms with Crippen LogP contribution in [0.5, 0.6) is 0 Å². The lowest BCUT2D eigenvalue weighted by atomic mass is 9.96. The number of imidazole rings is 1. The number of nitrogens with zero attached hydrogens (tertiary/aromatic N) is 3. The lowest BCUT2D eigenvalue weighted by molar-refractivity contribution is -0.390. The van der Waals surface area contributed by atoms with Crippen molar-refractivity contribution in [2.75, 3.05) is 13.6 Å². The van der Waals surface area contributed by atoms with Gasteiger partial charge in [-0.25, -0.2) is 0 Å². The summed E-state index contributed by atoms with van der Waals surface area (Å²) >= 11 is 0. The van der Waals surface area contributed by atoms with E-state index >= 15 is 0 Å². The van der Waals surface area contributed by atoms with Gasteiger partial charge in [0.2, 0.25) is 6.33 Å². The van der Waals surface area contributed by atoms with Gasteiger partial charge in [0.15, 0.2) is 0 Å². The molecule has 2 heterocycles. The van der Waals surface area contributed by atoms with Gasteiger partial charge in [0.25, 0.3) is 0 Å². The average Bonchev–Trinajstić information content (AvgIpc) is 2.61. The topological polar surface area (TPSA) is 73.0 Å². The van der Waals surface area contributed by atoms with Crippen LogP contribution in [0.15, 0.2) is 6.33 Å². The molecular weight excluding hydrogens is 196 g/mol. The molecule has 6 heteroatoms. The first-order valence-corrected chi connectivity index (χ1v) is 5.05. The predicted molar refractivity (Wildman–Crippen MR) is 54.6 cm³/mol. The lowest BCUT2D eigenvalue weighted by Crippen LogP contribution is -2.27. The monoisotopic (exact) mass is 210 g/mol. The molecule has 82 valence electrons. The minimum atomic E-state index is -0.395. The Balaban J connectivity index is 2.22. The molecule has 0 radical (unpaired) electrons. The number of nitrogens with one attached hydrogen (secondary N) is 1. The van der Waals surface area contributed by atoms with Crippen LogP contribution in [-0.4, -0.2) is 28.1 Å². The fourth-order valence-electron chi connectivity index (χ4n) is 2.11. The molecule has 0 aliphatic carbocycles. The van der Waals surface area contributed by atoms with Crippen molar-refractivity contribution in [3.05, 3.63) is 22.1 Å². The molecule has 1 atom stereocenters. The van der Waals surface area contributed by atoms with Gasteiger partial charge in [-0.3, -0.25) is 0 Å². The summed E-state index contributed by atoms with van der Waals surface area (Å²) in [6.45, 7) is 1.74. The van der Waals surface area contributed by atoms with Crippen molar-refractivity contribution in [1.82, 2.24) is 14.9 Å². The third kappa shape index (κ3) is 1.85. The van der Waals surface area contributed by atoms with Crippen LogP contribution in [0.1, 0.15) is 12.1 Å². The largest absolute Gasteiger partial charge is 0.384 e. The molecule has 0 bridgehead atoms. The molecule has 1 aromatic rings. The summed E-state index contributed by atoms with van der Waals surface area (Å²) in [5.41, 5.74) is 0.770. The van der Waals surface area contributed by atoms with Crippen molar-refractivity contribution in [2.24, 2.45) is 5.92 Å². The van der Waals surface area contributed by atoms with Gasteiger partial charge in [-0.1, -0.05) is 0 Å². The summed E-state index contributed by atoms with van der Waals surface area (Å²) in [7, 11) is 1.90. The molecule has 1 N–H and O–H groups in total. The highest BCUT2D eigenvalue weighted by molar-refractivity contribution is 5.28. The number of hydrogen-bond donors (Lipinski definition) is 1. The number of nitro groups is 1. The molecule has 1 aliphatic heterocycles. The Morgan fingerprint density at radius 1 is 1.80 bits per heavy atom. The van der Waals surface area contributed by atoms with Crippen LogP contribution >= 0.6 is 0 Å². The van der Waals surface area contributed by atoms with Gasteiger partial charge in [-0.05, 0) is 35.8 Å². The number of aryl methyl sites for hydroxylation is 1. The number of rotatable bonds is 3. The van der Waals surface area contributed by atoms with E-state index in [2.05, 4.69) is 10.3 Å². The molecule has 1 unspecified atom stereocenters. The second-order valence-corrected chi connectivity index (χ2v) is 3.88. The van der Waals surface area contributed by atoms with Gasteiger partial charge >= 0.3 is 5.82 Å². The Morgan fingerprint density at radius 2 is 2.60 bits per heavy atom. The second-order valence-electron chi connectivity index (χ2n) is 3.88. The van der Waals surface area contributed by atoms with Crippen molar-refractivity contribution in [3.8, 4) is 0 Å². The summed E-state index contributed by atoms with van der Waals surface area (Å²) in [4.78, 5) is 14.2. The first kappa shape index (κ1) is 10.1. The Hall–Kier alpha value is -1.43. The molecule has 0 amide bonds. The maximum atomic E-state index is 10.7. The maximum absolute atomic E-state index is 10.7. The molecule has 2 rings (SSSR count). The Kier molecular flexibility index (Phi) is 2.68. The van der Waals surface area contributed by atoms with Crippen molar-refractivity contribution in [2.45, 2.75) is 19.4 Å². The first-order chi connectivity index (χ1) is 7.22. The van der Waals surface area contributed by atoms with Gasteiger partial charge in [0.05, 0.1) is 0 Å². The van der Waals surface area contributed by atoms with Crippen LogP contribution in [0.25, 0.3) is 0 Å². The zero-order chi connectivity index (χ0) is 10.8. The SMILES string of the molecule is CNCC1CCn2cnc([N+](=O)[O-])c2C1. The molecule has 1 aromatic heterocycles. The fraction of sp³-hybridized carbons (Fsp3) is 0.667. The molecular formula is C9H14N4O2. The highest BCUT2D eigenvalue weighted by Gasteiger charge is 2.27. The molecule has 0 fully saturated rings. The van der Waals surface area contributed by atoms with Crippen LogP contribution in [0.4, 0.5) is 5.82 Å². The van der Waals surface area contributed by atoms with E-state index in [1.807, 2.05) is 11.6 Å². The van der Waals surface area contributed by atoms with E-state index in [0.717, 1.165) is 31.6 Å². The average molecular weight is 210 g/mol. The minimum Gasteiger partial charge on any atom is -0.358 e. The van der Waals surface area contributed by atoms with Crippen molar-refractivity contribution in [3.63, 3.8) is 0 Å². The fourth-order valence-corrected chi connectivity index (χ4v) is 2.11. The first-order valence-electron chi connectivity index (χ1n) is 5.05. The molecule has 1 aliphatic rings. The minimum absolute atomic E-state index is 0.0239. The van der Waals surface area contributed by atoms with Crippen LogP contribution < -0.4 is 5.32 Å². The van der Waals surface area contributed by atoms with E-state index in [1.54, 1.807) is 6.33 Å². The standard InChI is InChI=1S/C9H14N4O2/c1-10-5-7-2-3-12-6-11-9(13(14)15)8(12)4-7/h6-7,10H,2-5H2,1H3. The third-order valence-electron chi connectivity index (χ3n) is 2.85. The van der Waals surface area contributed by atoms with Crippen LogP contribution in [0.3, 0.4) is 0 Å². The second kappa shape index (κ2) is 3.98. The summed E-state index contributed by atoms with van der Waals surface area (Å²) < 4.78 is 1.89. The predicted octanol–water partition coefficient (Wildman–Crippen LogP) is 0.573. The summed E-state index contributed by atoms with van der Waals surface area (Å²) in [6.07, 6.45) is 3.38. The molecule has 0 spiro atoms. The number of hydrogen-bond acceptors (Lipinski definition) is 4. The van der Waals surface area contributed by atoms with E-state index in [0.29, 0.717) is 5.92 Å². The van der Waals surface area contributed by atoms with E-state index in [1.165, 1.54) is 0 Å². The number of fused-ring (bicyclic) bond motifs is 1. The van der Waals surface area contributed by atoms with Crippen LogP contribution in [0.2, 0.25) is 0 Å². The number of aromatic nitrogens is 2. The zero-order valence-corrected chi connectivity index (χ0v) is 8.64. The lowest BCUT2D eigenvalue weighted by Gasteiger charge is -2.22. The Bertz CT molecular complexity index is 374. The van der Waals surface area contributed by atoms with Crippen molar-refractivity contribution < 1.29 is 4.92 Å². The van der Waals surface area contributed by atoms with E-state index < -0.39 is 4.92 Å². The van der Waals surface area contributed by atoms with E-state index in [4.69, 9.17) is 0 Å². The van der Waals surface area contributed by atoms with E-state index in [-0.39, 0.29) is 5.82 Å². The highest BCUT2D eigenvalue weighted by Crippen LogP contribution is 2.26. The molecule has 15 heavy (non-hydrogen) atoms. The molecule has 0 aromatic carbocycles. The highest BCUT2D eigenvalue weighted by atomic mass is 16.6. The summed E-state index contributed by atoms with van der Waals surface area (Å²) in [6, 6.07) is 0. The quantitative estimate of drug-likeness (QED) is 0.584. The third-order valence-corrected chi connectivity index (χ3v) is 2.85. The van der Waals surface area contributed by atoms with Gasteiger partial charge in [0.1, 0.15) is 5.69 Å². The summed E-state index contributed by atoms with van der Waals surface area (Å²) in [5, 5.41) is 13.8. The van der Waals surface area contributed by atoms with Crippen molar-refractivity contribution >= 4 is 5.82 Å².